The van der Waals surface area contributed by atoms with Gasteiger partial charge in [-0.05, 0) is 24.8 Å². The van der Waals surface area contributed by atoms with Crippen LogP contribution >= 0.6 is 0 Å². The molecule has 5 nitrogen and oxygen atoms in total. The summed E-state index contributed by atoms with van der Waals surface area (Å²) in [6.45, 7) is 6.17. The third kappa shape index (κ3) is 4.44. The fourth-order valence-electron chi connectivity index (χ4n) is 4.02. The van der Waals surface area contributed by atoms with E-state index >= 15 is 0 Å². The first-order chi connectivity index (χ1) is 12.7. The third-order valence-electron chi connectivity index (χ3n) is 5.56. The molecule has 2 fully saturated rings. The van der Waals surface area contributed by atoms with E-state index < -0.39 is 0 Å². The van der Waals surface area contributed by atoms with E-state index in [2.05, 4.69) is 6.92 Å². The van der Waals surface area contributed by atoms with Crippen LogP contribution in [0.15, 0.2) is 30.3 Å². The van der Waals surface area contributed by atoms with Crippen LogP contribution in [-0.4, -0.2) is 61.0 Å². The van der Waals surface area contributed by atoms with Gasteiger partial charge < -0.3 is 14.5 Å². The summed E-state index contributed by atoms with van der Waals surface area (Å²) < 4.78 is 5.33. The second-order valence-electron chi connectivity index (χ2n) is 7.29. The Morgan fingerprint density at radius 2 is 1.69 bits per heavy atom. The molecule has 0 spiro atoms. The third-order valence-corrected chi connectivity index (χ3v) is 5.56. The molecule has 0 saturated carbocycles. The largest absolute Gasteiger partial charge is 0.378 e. The van der Waals surface area contributed by atoms with E-state index in [1.54, 1.807) is 0 Å². The lowest BCUT2D eigenvalue weighted by atomic mass is 9.90. The molecule has 2 saturated heterocycles. The maximum atomic E-state index is 13.1. The smallest absolute Gasteiger partial charge is 0.230 e. The molecular weight excluding hydrogens is 328 g/mol. The SMILES string of the molecule is CCCC(C(=O)N1CCC(C(=O)N2CCOCC2)CC1)c1ccccc1. The molecule has 1 aromatic carbocycles. The molecule has 2 aliphatic heterocycles. The van der Waals surface area contributed by atoms with Crippen LogP contribution in [0.3, 0.4) is 0 Å². The number of nitrogens with zero attached hydrogens (tertiary/aromatic N) is 2. The topological polar surface area (TPSA) is 49.9 Å². The lowest BCUT2D eigenvalue weighted by Crippen LogP contribution is -2.48. The molecule has 0 radical (unpaired) electrons. The maximum Gasteiger partial charge on any atom is 0.230 e. The summed E-state index contributed by atoms with van der Waals surface area (Å²) in [5.41, 5.74) is 1.10. The van der Waals surface area contributed by atoms with Gasteiger partial charge in [-0.25, -0.2) is 0 Å². The van der Waals surface area contributed by atoms with E-state index in [-0.39, 0.29) is 23.7 Å². The van der Waals surface area contributed by atoms with Gasteiger partial charge in [0.1, 0.15) is 0 Å². The highest BCUT2D eigenvalue weighted by Crippen LogP contribution is 2.27. The molecule has 1 atom stereocenters. The Morgan fingerprint density at radius 1 is 1.04 bits per heavy atom. The monoisotopic (exact) mass is 358 g/mol. The fraction of sp³-hybridized carbons (Fsp3) is 0.619. The fourth-order valence-corrected chi connectivity index (χ4v) is 4.02. The number of benzene rings is 1. The van der Waals surface area contributed by atoms with Gasteiger partial charge in [0, 0.05) is 32.1 Å². The van der Waals surface area contributed by atoms with E-state index in [4.69, 9.17) is 4.74 Å². The number of morpholine rings is 1. The Hall–Kier alpha value is -1.88. The highest BCUT2D eigenvalue weighted by Gasteiger charge is 2.33. The molecule has 0 aromatic heterocycles. The van der Waals surface area contributed by atoms with E-state index in [0.717, 1.165) is 31.2 Å². The van der Waals surface area contributed by atoms with Crippen molar-refractivity contribution in [2.24, 2.45) is 5.92 Å². The Bertz CT molecular complexity index is 591. The zero-order valence-corrected chi connectivity index (χ0v) is 15.7. The van der Waals surface area contributed by atoms with Crippen LogP contribution in [0.1, 0.15) is 44.1 Å². The molecule has 0 N–H and O–H groups in total. The molecule has 26 heavy (non-hydrogen) atoms. The van der Waals surface area contributed by atoms with Crippen LogP contribution in [0, 0.1) is 5.92 Å². The number of hydrogen-bond acceptors (Lipinski definition) is 3. The van der Waals surface area contributed by atoms with E-state index in [9.17, 15) is 9.59 Å². The van der Waals surface area contributed by atoms with Crippen molar-refractivity contribution in [2.45, 2.75) is 38.5 Å². The Balaban J connectivity index is 1.57. The van der Waals surface area contributed by atoms with Gasteiger partial charge in [0.15, 0.2) is 0 Å². The summed E-state index contributed by atoms with van der Waals surface area (Å²) in [5.74, 6) is 0.454. The van der Waals surface area contributed by atoms with Crippen molar-refractivity contribution in [1.82, 2.24) is 9.80 Å². The molecule has 2 amide bonds. The number of carbonyl (C=O) groups is 2. The number of rotatable bonds is 5. The summed E-state index contributed by atoms with van der Waals surface area (Å²) in [5, 5.41) is 0. The summed E-state index contributed by atoms with van der Waals surface area (Å²) in [6.07, 6.45) is 3.40. The van der Waals surface area contributed by atoms with Crippen molar-refractivity contribution in [2.75, 3.05) is 39.4 Å². The minimum absolute atomic E-state index is 0.0542. The van der Waals surface area contributed by atoms with Crippen LogP contribution in [-0.2, 0) is 14.3 Å². The predicted octanol–water partition coefficient (Wildman–Crippen LogP) is 2.67. The van der Waals surface area contributed by atoms with Crippen LogP contribution in [0.5, 0.6) is 0 Å². The minimum atomic E-state index is -0.0623. The lowest BCUT2D eigenvalue weighted by molar-refractivity contribution is -0.144. The van der Waals surface area contributed by atoms with Gasteiger partial charge in [-0.2, -0.15) is 0 Å². The zero-order chi connectivity index (χ0) is 18.4. The van der Waals surface area contributed by atoms with Crippen LogP contribution in [0.2, 0.25) is 0 Å². The summed E-state index contributed by atoms with van der Waals surface area (Å²) >= 11 is 0. The van der Waals surface area contributed by atoms with Crippen molar-refractivity contribution in [3.05, 3.63) is 35.9 Å². The van der Waals surface area contributed by atoms with Crippen molar-refractivity contribution in [1.29, 1.82) is 0 Å². The van der Waals surface area contributed by atoms with Gasteiger partial charge in [-0.15, -0.1) is 0 Å². The number of amides is 2. The molecule has 2 heterocycles. The number of ether oxygens (including phenoxy) is 1. The van der Waals surface area contributed by atoms with E-state index in [0.29, 0.717) is 39.4 Å². The Morgan fingerprint density at radius 3 is 2.31 bits per heavy atom. The highest BCUT2D eigenvalue weighted by atomic mass is 16.5. The number of piperidine rings is 1. The van der Waals surface area contributed by atoms with Crippen molar-refractivity contribution >= 4 is 11.8 Å². The van der Waals surface area contributed by atoms with Crippen LogP contribution in [0.4, 0.5) is 0 Å². The summed E-state index contributed by atoms with van der Waals surface area (Å²) in [7, 11) is 0. The second kappa shape index (κ2) is 9.17. The van der Waals surface area contributed by atoms with Gasteiger partial charge in [0.25, 0.3) is 0 Å². The van der Waals surface area contributed by atoms with E-state index in [1.165, 1.54) is 0 Å². The molecule has 0 aliphatic carbocycles. The average molecular weight is 358 g/mol. The van der Waals surface area contributed by atoms with Crippen LogP contribution in [0.25, 0.3) is 0 Å². The van der Waals surface area contributed by atoms with Gasteiger partial charge in [-0.1, -0.05) is 43.7 Å². The summed E-state index contributed by atoms with van der Waals surface area (Å²) in [6, 6.07) is 10.1. The Labute approximate surface area is 156 Å². The van der Waals surface area contributed by atoms with Gasteiger partial charge >= 0.3 is 0 Å². The first-order valence-corrected chi connectivity index (χ1v) is 9.91. The minimum Gasteiger partial charge on any atom is -0.378 e. The number of likely N-dealkylation sites (tertiary alicyclic amines) is 1. The molecule has 1 aromatic rings. The summed E-state index contributed by atoms with van der Waals surface area (Å²) in [4.78, 5) is 29.6. The lowest BCUT2D eigenvalue weighted by Gasteiger charge is -2.36. The highest BCUT2D eigenvalue weighted by molar-refractivity contribution is 5.84. The van der Waals surface area contributed by atoms with Crippen molar-refractivity contribution in [3.8, 4) is 0 Å². The second-order valence-corrected chi connectivity index (χ2v) is 7.29. The normalized spacial score (nSPS) is 20.0. The van der Waals surface area contributed by atoms with Gasteiger partial charge in [0.05, 0.1) is 19.1 Å². The van der Waals surface area contributed by atoms with Gasteiger partial charge in [-0.3, -0.25) is 9.59 Å². The molecule has 2 aliphatic rings. The predicted molar refractivity (Wildman–Crippen MR) is 101 cm³/mol. The quantitative estimate of drug-likeness (QED) is 0.813. The van der Waals surface area contributed by atoms with E-state index in [1.807, 2.05) is 40.1 Å². The average Bonchev–Trinajstić information content (AvgIpc) is 2.72. The number of carbonyl (C=O) groups excluding carboxylic acids is 2. The van der Waals surface area contributed by atoms with Crippen molar-refractivity contribution in [3.63, 3.8) is 0 Å². The number of hydrogen-bond donors (Lipinski definition) is 0. The van der Waals surface area contributed by atoms with Crippen LogP contribution < -0.4 is 0 Å². The molecular formula is C21H30N2O3. The van der Waals surface area contributed by atoms with Gasteiger partial charge in [0.2, 0.25) is 11.8 Å². The Kier molecular flexibility index (Phi) is 6.67. The molecule has 3 rings (SSSR count). The van der Waals surface area contributed by atoms with Crippen molar-refractivity contribution < 1.29 is 14.3 Å². The molecule has 1 unspecified atom stereocenters. The molecule has 142 valence electrons. The zero-order valence-electron chi connectivity index (χ0n) is 15.7. The first kappa shape index (κ1) is 18.9. The first-order valence-electron chi connectivity index (χ1n) is 9.91. The maximum absolute atomic E-state index is 13.1. The standard InChI is InChI=1S/C21H30N2O3/c1-2-6-19(17-7-4-3-5-8-17)21(25)22-11-9-18(10-12-22)20(24)23-13-15-26-16-14-23/h3-5,7-8,18-19H,2,6,9-16H2,1H3. The molecule has 0 bridgehead atoms. The molecule has 5 heteroatoms.